The molecule has 0 aromatic heterocycles. The van der Waals surface area contributed by atoms with Gasteiger partial charge in [-0.3, -0.25) is 4.79 Å². The number of hydrogen-bond acceptors (Lipinski definition) is 2. The summed E-state index contributed by atoms with van der Waals surface area (Å²) in [6.45, 7) is 1.40. The van der Waals surface area contributed by atoms with Crippen molar-refractivity contribution >= 4 is 34.2 Å². The lowest BCUT2D eigenvalue weighted by atomic mass is 10.2. The highest BCUT2D eigenvalue weighted by molar-refractivity contribution is 9.10. The quantitative estimate of drug-likeness (QED) is 0.899. The number of likely N-dealkylation sites (N-methyl/N-ethyl adjacent to an activating group) is 1. The van der Waals surface area contributed by atoms with Crippen LogP contribution in [0.4, 0.5) is 4.39 Å². The Kier molecular flexibility index (Phi) is 5.56. The molecule has 0 radical (unpaired) electrons. The molecule has 1 heterocycles. The molecule has 1 unspecified atom stereocenters. The SMILES string of the molecule is CNC1CCN(C(=O)c2cc(F)cc(Br)c2)C1.Cl. The molecule has 0 aliphatic carbocycles. The fraction of sp³-hybridized carbons (Fsp3) is 0.417. The van der Waals surface area contributed by atoms with Crippen LogP contribution in [0.3, 0.4) is 0 Å². The number of carbonyl (C=O) groups is 1. The van der Waals surface area contributed by atoms with Crippen molar-refractivity contribution in [1.82, 2.24) is 10.2 Å². The zero-order chi connectivity index (χ0) is 12.4. The maximum Gasteiger partial charge on any atom is 0.254 e. The van der Waals surface area contributed by atoms with Crippen LogP contribution in [-0.2, 0) is 0 Å². The van der Waals surface area contributed by atoms with Gasteiger partial charge in [0.25, 0.3) is 5.91 Å². The summed E-state index contributed by atoms with van der Waals surface area (Å²) in [7, 11) is 1.89. The van der Waals surface area contributed by atoms with Gasteiger partial charge in [-0.2, -0.15) is 0 Å². The van der Waals surface area contributed by atoms with Crippen LogP contribution in [0.1, 0.15) is 16.8 Å². The monoisotopic (exact) mass is 336 g/mol. The molecular weight excluding hydrogens is 322 g/mol. The van der Waals surface area contributed by atoms with Crippen LogP contribution in [0, 0.1) is 5.82 Å². The molecule has 1 aliphatic rings. The van der Waals surface area contributed by atoms with Crippen LogP contribution in [0.25, 0.3) is 0 Å². The second-order valence-electron chi connectivity index (χ2n) is 4.18. The fourth-order valence-electron chi connectivity index (χ4n) is 2.04. The van der Waals surface area contributed by atoms with E-state index >= 15 is 0 Å². The normalized spacial score (nSPS) is 18.6. The summed E-state index contributed by atoms with van der Waals surface area (Å²) in [4.78, 5) is 13.9. The van der Waals surface area contributed by atoms with E-state index in [1.807, 2.05) is 7.05 Å². The van der Waals surface area contributed by atoms with E-state index in [0.717, 1.165) is 13.0 Å². The predicted octanol–water partition coefficient (Wildman–Crippen LogP) is 2.44. The van der Waals surface area contributed by atoms with Crippen LogP contribution in [0.15, 0.2) is 22.7 Å². The Morgan fingerprint density at radius 1 is 1.50 bits per heavy atom. The lowest BCUT2D eigenvalue weighted by Crippen LogP contribution is -2.33. The molecule has 100 valence electrons. The molecule has 0 bridgehead atoms. The average Bonchev–Trinajstić information content (AvgIpc) is 2.75. The Morgan fingerprint density at radius 3 is 2.78 bits per heavy atom. The van der Waals surface area contributed by atoms with E-state index in [2.05, 4.69) is 21.2 Å². The molecule has 1 aromatic carbocycles. The minimum absolute atomic E-state index is 0. The third kappa shape index (κ3) is 3.43. The molecule has 1 atom stereocenters. The number of hydrogen-bond donors (Lipinski definition) is 1. The number of nitrogens with zero attached hydrogens (tertiary/aromatic N) is 1. The third-order valence-corrected chi connectivity index (χ3v) is 3.45. The fourth-order valence-corrected chi connectivity index (χ4v) is 2.51. The van der Waals surface area contributed by atoms with Crippen molar-refractivity contribution in [2.24, 2.45) is 0 Å². The van der Waals surface area contributed by atoms with Crippen molar-refractivity contribution in [2.75, 3.05) is 20.1 Å². The number of likely N-dealkylation sites (tertiary alicyclic amines) is 1. The average molecular weight is 338 g/mol. The molecule has 0 saturated carbocycles. The van der Waals surface area contributed by atoms with E-state index in [9.17, 15) is 9.18 Å². The Balaban J connectivity index is 0.00000162. The number of benzene rings is 1. The first kappa shape index (κ1) is 15.4. The summed E-state index contributed by atoms with van der Waals surface area (Å²) in [5.74, 6) is -0.505. The van der Waals surface area contributed by atoms with Gasteiger partial charge in [0, 0.05) is 29.2 Å². The van der Waals surface area contributed by atoms with E-state index in [1.165, 1.54) is 12.1 Å². The summed E-state index contributed by atoms with van der Waals surface area (Å²) in [6.07, 6.45) is 0.943. The number of amides is 1. The Bertz CT molecular complexity index is 424. The van der Waals surface area contributed by atoms with Gasteiger partial charge in [-0.1, -0.05) is 15.9 Å². The van der Waals surface area contributed by atoms with E-state index in [0.29, 0.717) is 22.6 Å². The zero-order valence-corrected chi connectivity index (χ0v) is 12.4. The molecule has 1 aromatic rings. The molecule has 1 fully saturated rings. The van der Waals surface area contributed by atoms with Crippen LogP contribution in [0.2, 0.25) is 0 Å². The first-order valence-electron chi connectivity index (χ1n) is 5.53. The topological polar surface area (TPSA) is 32.3 Å². The van der Waals surface area contributed by atoms with Gasteiger partial charge in [-0.05, 0) is 31.7 Å². The van der Waals surface area contributed by atoms with Gasteiger partial charge in [-0.15, -0.1) is 12.4 Å². The second-order valence-corrected chi connectivity index (χ2v) is 5.10. The summed E-state index contributed by atoms with van der Waals surface area (Å²) in [6, 6.07) is 4.62. The lowest BCUT2D eigenvalue weighted by Gasteiger charge is -2.16. The molecule has 0 spiro atoms. The van der Waals surface area contributed by atoms with Crippen LogP contribution < -0.4 is 5.32 Å². The molecule has 2 rings (SSSR count). The Hall–Kier alpha value is -0.650. The Morgan fingerprint density at radius 2 is 2.22 bits per heavy atom. The van der Waals surface area contributed by atoms with Crippen LogP contribution in [0.5, 0.6) is 0 Å². The number of rotatable bonds is 2. The molecular formula is C12H15BrClFN2O. The van der Waals surface area contributed by atoms with Crippen molar-refractivity contribution < 1.29 is 9.18 Å². The van der Waals surface area contributed by atoms with Gasteiger partial charge in [-0.25, -0.2) is 4.39 Å². The Labute approximate surface area is 120 Å². The molecule has 1 N–H and O–H groups in total. The van der Waals surface area contributed by atoms with Gasteiger partial charge >= 0.3 is 0 Å². The molecule has 1 amide bonds. The van der Waals surface area contributed by atoms with Crippen molar-refractivity contribution in [3.63, 3.8) is 0 Å². The number of carbonyl (C=O) groups excluding carboxylic acids is 1. The minimum Gasteiger partial charge on any atom is -0.337 e. The van der Waals surface area contributed by atoms with Gasteiger partial charge < -0.3 is 10.2 Å². The largest absolute Gasteiger partial charge is 0.337 e. The van der Waals surface area contributed by atoms with Crippen LogP contribution >= 0.6 is 28.3 Å². The maximum absolute atomic E-state index is 13.2. The summed E-state index contributed by atoms with van der Waals surface area (Å²) in [5.41, 5.74) is 0.397. The van der Waals surface area contributed by atoms with E-state index in [-0.39, 0.29) is 18.3 Å². The second kappa shape index (κ2) is 6.50. The van der Waals surface area contributed by atoms with Gasteiger partial charge in [0.2, 0.25) is 0 Å². The van der Waals surface area contributed by atoms with E-state index < -0.39 is 5.82 Å². The highest BCUT2D eigenvalue weighted by atomic mass is 79.9. The molecule has 1 saturated heterocycles. The van der Waals surface area contributed by atoms with Gasteiger partial charge in [0.1, 0.15) is 5.82 Å². The van der Waals surface area contributed by atoms with Crippen molar-refractivity contribution in [1.29, 1.82) is 0 Å². The smallest absolute Gasteiger partial charge is 0.254 e. The lowest BCUT2D eigenvalue weighted by molar-refractivity contribution is 0.0789. The highest BCUT2D eigenvalue weighted by Gasteiger charge is 2.26. The third-order valence-electron chi connectivity index (χ3n) is 2.99. The standard InChI is InChI=1S/C12H14BrFN2O.ClH/c1-15-11-2-3-16(7-11)12(17)8-4-9(13)6-10(14)5-8;/h4-6,11,15H,2-3,7H2,1H3;1H. The highest BCUT2D eigenvalue weighted by Crippen LogP contribution is 2.18. The maximum atomic E-state index is 13.2. The minimum atomic E-state index is -0.396. The predicted molar refractivity (Wildman–Crippen MR) is 74.7 cm³/mol. The summed E-state index contributed by atoms with van der Waals surface area (Å²) < 4.78 is 13.8. The van der Waals surface area contributed by atoms with Gasteiger partial charge in [0.05, 0.1) is 0 Å². The molecule has 3 nitrogen and oxygen atoms in total. The first-order valence-corrected chi connectivity index (χ1v) is 6.32. The van der Waals surface area contributed by atoms with E-state index in [1.54, 1.807) is 11.0 Å². The number of halogens is 3. The molecule has 6 heteroatoms. The van der Waals surface area contributed by atoms with Gasteiger partial charge in [0.15, 0.2) is 0 Å². The zero-order valence-electron chi connectivity index (χ0n) is 9.95. The van der Waals surface area contributed by atoms with Crippen molar-refractivity contribution in [3.05, 3.63) is 34.1 Å². The summed E-state index contributed by atoms with van der Waals surface area (Å²) in [5, 5.41) is 3.15. The van der Waals surface area contributed by atoms with Crippen molar-refractivity contribution in [3.8, 4) is 0 Å². The van der Waals surface area contributed by atoms with Crippen molar-refractivity contribution in [2.45, 2.75) is 12.5 Å². The summed E-state index contributed by atoms with van der Waals surface area (Å²) >= 11 is 3.19. The van der Waals surface area contributed by atoms with Crippen LogP contribution in [-0.4, -0.2) is 37.0 Å². The first-order chi connectivity index (χ1) is 8.10. The van der Waals surface area contributed by atoms with E-state index in [4.69, 9.17) is 0 Å². The molecule has 1 aliphatic heterocycles. The molecule has 18 heavy (non-hydrogen) atoms. The number of nitrogens with one attached hydrogen (secondary N) is 1.